The van der Waals surface area contributed by atoms with Crippen LogP contribution in [-0.2, 0) is 20.1 Å². The monoisotopic (exact) mass is 416 g/mol. The van der Waals surface area contributed by atoms with Crippen LogP contribution in [0.15, 0.2) is 48.3 Å². The molecular formula is C23H32N2O5. The molecule has 0 spiro atoms. The summed E-state index contributed by atoms with van der Waals surface area (Å²) in [7, 11) is 2.98. The summed E-state index contributed by atoms with van der Waals surface area (Å²) in [5.74, 6) is 0.521. The average molecular weight is 417 g/mol. The Morgan fingerprint density at radius 3 is 2.33 bits per heavy atom. The number of benzene rings is 1. The molecule has 1 aromatic rings. The predicted octanol–water partition coefficient (Wildman–Crippen LogP) is 3.20. The Labute approximate surface area is 178 Å². The third-order valence-corrected chi connectivity index (χ3v) is 5.12. The Morgan fingerprint density at radius 2 is 1.73 bits per heavy atom. The third-order valence-electron chi connectivity index (χ3n) is 5.12. The van der Waals surface area contributed by atoms with E-state index in [0.29, 0.717) is 36.4 Å². The summed E-state index contributed by atoms with van der Waals surface area (Å²) in [6.07, 6.45) is 9.24. The zero-order chi connectivity index (χ0) is 22.0. The summed E-state index contributed by atoms with van der Waals surface area (Å²) in [4.78, 5) is 25.5. The molecular weight excluding hydrogens is 384 g/mol. The van der Waals surface area contributed by atoms with E-state index in [2.05, 4.69) is 10.1 Å². The van der Waals surface area contributed by atoms with Gasteiger partial charge in [0, 0.05) is 36.8 Å². The van der Waals surface area contributed by atoms with Crippen LogP contribution in [0.3, 0.4) is 0 Å². The van der Waals surface area contributed by atoms with Crippen molar-refractivity contribution in [2.24, 2.45) is 0 Å². The second kappa shape index (κ2) is 11.4. The SMILES string of the molecule is CCN(C(=O)CCCCCCC(=O)OC)C1=CC(O)(c2ccc(OC)cc2)NC=C1. The Hall–Kier alpha value is -2.80. The lowest BCUT2D eigenvalue weighted by Crippen LogP contribution is -2.41. The molecule has 1 atom stereocenters. The lowest BCUT2D eigenvalue weighted by molar-refractivity contribution is -0.140. The maximum atomic E-state index is 12.8. The number of aliphatic hydroxyl groups is 1. The van der Waals surface area contributed by atoms with E-state index in [1.54, 1.807) is 54.6 Å². The van der Waals surface area contributed by atoms with Gasteiger partial charge in [0.05, 0.1) is 14.2 Å². The maximum absolute atomic E-state index is 12.8. The molecule has 0 bridgehead atoms. The van der Waals surface area contributed by atoms with Crippen LogP contribution in [0.2, 0.25) is 0 Å². The van der Waals surface area contributed by atoms with Crippen molar-refractivity contribution < 1.29 is 24.2 Å². The van der Waals surface area contributed by atoms with Crippen molar-refractivity contribution >= 4 is 11.9 Å². The van der Waals surface area contributed by atoms with Gasteiger partial charge in [0.1, 0.15) is 5.75 Å². The number of carbonyl (C=O) groups excluding carboxylic acids is 2. The van der Waals surface area contributed by atoms with E-state index >= 15 is 0 Å². The standard InChI is InChI=1S/C23H32N2O5/c1-4-25(21(26)9-7-5-6-8-10-22(27)30-3)19-15-16-24-23(28,17-19)18-11-13-20(29-2)14-12-18/h11-17,24,28H,4-10H2,1-3H3. The molecule has 0 saturated carbocycles. The molecule has 30 heavy (non-hydrogen) atoms. The number of nitrogens with one attached hydrogen (secondary N) is 1. The van der Waals surface area contributed by atoms with Crippen molar-refractivity contribution in [2.75, 3.05) is 20.8 Å². The molecule has 0 radical (unpaired) electrons. The van der Waals surface area contributed by atoms with Crippen molar-refractivity contribution in [1.29, 1.82) is 0 Å². The molecule has 1 amide bonds. The van der Waals surface area contributed by atoms with E-state index in [1.165, 1.54) is 7.11 Å². The first kappa shape index (κ1) is 23.5. The molecule has 164 valence electrons. The smallest absolute Gasteiger partial charge is 0.305 e. The number of hydrogen-bond acceptors (Lipinski definition) is 6. The minimum atomic E-state index is -1.40. The first-order valence-electron chi connectivity index (χ1n) is 10.3. The Kier molecular flexibility index (Phi) is 8.92. The van der Waals surface area contributed by atoms with Gasteiger partial charge in [0.2, 0.25) is 5.91 Å². The lowest BCUT2D eigenvalue weighted by Gasteiger charge is -2.33. The summed E-state index contributed by atoms with van der Waals surface area (Å²) in [6, 6.07) is 7.13. The fourth-order valence-electron chi connectivity index (χ4n) is 3.38. The van der Waals surface area contributed by atoms with Crippen molar-refractivity contribution in [3.05, 3.63) is 53.9 Å². The fourth-order valence-corrected chi connectivity index (χ4v) is 3.38. The zero-order valence-corrected chi connectivity index (χ0v) is 18.0. The van der Waals surface area contributed by atoms with Crippen LogP contribution in [0.1, 0.15) is 51.0 Å². The molecule has 1 heterocycles. The highest BCUT2D eigenvalue weighted by molar-refractivity contribution is 5.78. The van der Waals surface area contributed by atoms with Gasteiger partial charge in [-0.15, -0.1) is 0 Å². The highest BCUT2D eigenvalue weighted by atomic mass is 16.5. The molecule has 1 aliphatic heterocycles. The second-order valence-electron chi connectivity index (χ2n) is 7.17. The number of rotatable bonds is 11. The molecule has 0 aliphatic carbocycles. The molecule has 0 fully saturated rings. The summed E-state index contributed by atoms with van der Waals surface area (Å²) in [5.41, 5.74) is -0.0951. The fraction of sp³-hybridized carbons (Fsp3) is 0.478. The second-order valence-corrected chi connectivity index (χ2v) is 7.17. The normalized spacial score (nSPS) is 17.7. The number of hydrogen-bond donors (Lipinski definition) is 2. The van der Waals surface area contributed by atoms with Gasteiger partial charge >= 0.3 is 5.97 Å². The number of unbranched alkanes of at least 4 members (excludes halogenated alkanes) is 3. The summed E-state index contributed by atoms with van der Waals surface area (Å²) < 4.78 is 9.79. The van der Waals surface area contributed by atoms with E-state index < -0.39 is 5.72 Å². The van der Waals surface area contributed by atoms with Crippen molar-refractivity contribution in [1.82, 2.24) is 10.2 Å². The number of likely N-dealkylation sites (N-methyl/N-ethyl adjacent to an activating group) is 1. The van der Waals surface area contributed by atoms with Crippen molar-refractivity contribution in [3.8, 4) is 5.75 Å². The molecule has 7 nitrogen and oxygen atoms in total. The van der Waals surface area contributed by atoms with Crippen LogP contribution in [0.25, 0.3) is 0 Å². The molecule has 2 rings (SSSR count). The van der Waals surface area contributed by atoms with Gasteiger partial charge in [-0.25, -0.2) is 0 Å². The maximum Gasteiger partial charge on any atom is 0.305 e. The van der Waals surface area contributed by atoms with E-state index in [1.807, 2.05) is 6.92 Å². The molecule has 0 saturated heterocycles. The highest BCUT2D eigenvalue weighted by Crippen LogP contribution is 2.28. The number of nitrogens with zero attached hydrogens (tertiary/aromatic N) is 1. The van der Waals surface area contributed by atoms with E-state index in [4.69, 9.17) is 4.74 Å². The molecule has 7 heteroatoms. The van der Waals surface area contributed by atoms with Crippen LogP contribution in [0.5, 0.6) is 5.75 Å². The van der Waals surface area contributed by atoms with Gasteiger partial charge in [-0.2, -0.15) is 0 Å². The van der Waals surface area contributed by atoms with Gasteiger partial charge in [-0.3, -0.25) is 9.59 Å². The van der Waals surface area contributed by atoms with Gasteiger partial charge in [0.15, 0.2) is 5.72 Å². The molecule has 1 unspecified atom stereocenters. The van der Waals surface area contributed by atoms with Gasteiger partial charge in [0.25, 0.3) is 0 Å². The summed E-state index contributed by atoms with van der Waals surface area (Å²) in [5, 5.41) is 14.0. The first-order chi connectivity index (χ1) is 14.4. The quantitative estimate of drug-likeness (QED) is 0.425. The average Bonchev–Trinajstić information content (AvgIpc) is 2.76. The number of esters is 1. The molecule has 1 aromatic carbocycles. The van der Waals surface area contributed by atoms with Crippen LogP contribution in [0, 0.1) is 0 Å². The predicted molar refractivity (Wildman–Crippen MR) is 114 cm³/mol. The van der Waals surface area contributed by atoms with Crippen LogP contribution in [0.4, 0.5) is 0 Å². The van der Waals surface area contributed by atoms with E-state index in [0.717, 1.165) is 25.7 Å². The number of amides is 1. The van der Waals surface area contributed by atoms with Crippen molar-refractivity contribution in [2.45, 2.75) is 51.2 Å². The Bertz CT molecular complexity index is 772. The Morgan fingerprint density at radius 1 is 1.07 bits per heavy atom. The first-order valence-corrected chi connectivity index (χ1v) is 10.3. The third kappa shape index (κ3) is 6.35. The number of allylic oxidation sites excluding steroid dienone is 1. The number of carbonyl (C=O) groups is 2. The minimum absolute atomic E-state index is 0.0142. The number of ether oxygens (including phenoxy) is 2. The van der Waals surface area contributed by atoms with E-state index in [-0.39, 0.29) is 11.9 Å². The van der Waals surface area contributed by atoms with Crippen LogP contribution < -0.4 is 10.1 Å². The largest absolute Gasteiger partial charge is 0.497 e. The van der Waals surface area contributed by atoms with Gasteiger partial charge < -0.3 is 24.8 Å². The highest BCUT2D eigenvalue weighted by Gasteiger charge is 2.30. The summed E-state index contributed by atoms with van der Waals surface area (Å²) in [6.45, 7) is 2.42. The van der Waals surface area contributed by atoms with Gasteiger partial charge in [-0.05, 0) is 44.1 Å². The Balaban J connectivity index is 1.96. The lowest BCUT2D eigenvalue weighted by atomic mass is 9.99. The molecule has 1 aliphatic rings. The summed E-state index contributed by atoms with van der Waals surface area (Å²) >= 11 is 0. The van der Waals surface area contributed by atoms with Crippen molar-refractivity contribution in [3.63, 3.8) is 0 Å². The minimum Gasteiger partial charge on any atom is -0.497 e. The number of dihydropyridines is 1. The molecule has 0 aromatic heterocycles. The number of methoxy groups -OCH3 is 2. The van der Waals surface area contributed by atoms with Gasteiger partial charge in [-0.1, -0.05) is 25.0 Å². The zero-order valence-electron chi connectivity index (χ0n) is 18.0. The van der Waals surface area contributed by atoms with Crippen LogP contribution in [-0.4, -0.2) is 42.6 Å². The molecule has 2 N–H and O–H groups in total. The topological polar surface area (TPSA) is 88.1 Å². The van der Waals surface area contributed by atoms with E-state index in [9.17, 15) is 14.7 Å². The van der Waals surface area contributed by atoms with Crippen LogP contribution >= 0.6 is 0 Å².